The van der Waals surface area contributed by atoms with E-state index in [1.165, 1.54) is 12.1 Å². The zero-order valence-corrected chi connectivity index (χ0v) is 7.45. The molecule has 0 saturated heterocycles. The van der Waals surface area contributed by atoms with Gasteiger partial charge in [0.05, 0.1) is 5.02 Å². The Morgan fingerprint density at radius 3 is 2.58 bits per heavy atom. The number of hydrogen-bond donors (Lipinski definition) is 2. The van der Waals surface area contributed by atoms with Gasteiger partial charge in [0, 0.05) is 11.6 Å². The fraction of sp³-hybridized carbons (Fsp3) is 0.143. The molecule has 5 heteroatoms. The number of rotatable bonds is 2. The zero-order valence-electron chi connectivity index (χ0n) is 5.94. The van der Waals surface area contributed by atoms with E-state index in [0.29, 0.717) is 10.6 Å². The highest BCUT2D eigenvalue weighted by Gasteiger charge is 2.05. The minimum absolute atomic E-state index is 0.0262. The third-order valence-electron chi connectivity index (χ3n) is 1.36. The number of hydrogen-bond acceptors (Lipinski definition) is 2. The van der Waals surface area contributed by atoms with Crippen LogP contribution in [-0.2, 0) is 6.54 Å². The molecule has 0 fully saturated rings. The second-order valence-corrected chi connectivity index (χ2v) is 3.01. The van der Waals surface area contributed by atoms with E-state index in [1.807, 2.05) is 5.48 Å². The second kappa shape index (κ2) is 4.05. The fourth-order valence-corrected chi connectivity index (χ4v) is 1.23. The monoisotopic (exact) mass is 209 g/mol. The number of benzene rings is 1. The average molecular weight is 210 g/mol. The molecule has 0 bridgehead atoms. The van der Waals surface area contributed by atoms with E-state index in [2.05, 4.69) is 0 Å². The lowest BCUT2D eigenvalue weighted by Gasteiger charge is -2.03. The van der Waals surface area contributed by atoms with Crippen LogP contribution in [0.25, 0.3) is 0 Å². The molecule has 1 aromatic rings. The SMILES string of the molecule is ONCc1cc(F)c(Cl)cc1Cl. The van der Waals surface area contributed by atoms with Crippen LogP contribution < -0.4 is 5.48 Å². The maximum atomic E-state index is 12.8. The van der Waals surface area contributed by atoms with Crippen LogP contribution >= 0.6 is 23.2 Å². The van der Waals surface area contributed by atoms with Crippen LogP contribution in [0, 0.1) is 5.82 Å². The Hall–Kier alpha value is -0.350. The van der Waals surface area contributed by atoms with Gasteiger partial charge in [0.2, 0.25) is 0 Å². The van der Waals surface area contributed by atoms with Gasteiger partial charge in [-0.05, 0) is 17.7 Å². The molecule has 0 aliphatic carbocycles. The van der Waals surface area contributed by atoms with E-state index >= 15 is 0 Å². The van der Waals surface area contributed by atoms with Crippen molar-refractivity contribution in [1.29, 1.82) is 0 Å². The number of nitrogens with one attached hydrogen (secondary N) is 1. The van der Waals surface area contributed by atoms with Crippen molar-refractivity contribution < 1.29 is 9.60 Å². The molecule has 66 valence electrons. The topological polar surface area (TPSA) is 32.3 Å². The summed E-state index contributed by atoms with van der Waals surface area (Å²) in [4.78, 5) is 0. The summed E-state index contributed by atoms with van der Waals surface area (Å²) in [6, 6.07) is 2.47. The Labute approximate surface area is 78.9 Å². The lowest BCUT2D eigenvalue weighted by atomic mass is 10.2. The standard InChI is InChI=1S/C7H6Cl2FNO/c8-5-2-6(9)7(10)1-4(5)3-11-12/h1-2,11-12H,3H2. The molecule has 12 heavy (non-hydrogen) atoms. The predicted octanol–water partition coefficient (Wildman–Crippen LogP) is 2.61. The maximum absolute atomic E-state index is 12.8. The van der Waals surface area contributed by atoms with Crippen molar-refractivity contribution in [3.05, 3.63) is 33.6 Å². The van der Waals surface area contributed by atoms with Crippen molar-refractivity contribution in [3.8, 4) is 0 Å². The van der Waals surface area contributed by atoms with Crippen LogP contribution in [0.15, 0.2) is 12.1 Å². The summed E-state index contributed by atoms with van der Waals surface area (Å²) < 4.78 is 12.8. The maximum Gasteiger partial charge on any atom is 0.142 e. The summed E-state index contributed by atoms with van der Waals surface area (Å²) in [6.07, 6.45) is 0. The van der Waals surface area contributed by atoms with Crippen LogP contribution in [-0.4, -0.2) is 5.21 Å². The summed E-state index contributed by atoms with van der Waals surface area (Å²) in [6.45, 7) is 0.0902. The minimum atomic E-state index is -0.550. The van der Waals surface area contributed by atoms with Gasteiger partial charge in [0.25, 0.3) is 0 Å². The van der Waals surface area contributed by atoms with Gasteiger partial charge in [-0.1, -0.05) is 23.2 Å². The molecule has 0 atom stereocenters. The summed E-state index contributed by atoms with van der Waals surface area (Å²) >= 11 is 11.1. The molecule has 0 spiro atoms. The molecule has 2 nitrogen and oxygen atoms in total. The Kier molecular flexibility index (Phi) is 3.29. The molecule has 0 aliphatic rings. The van der Waals surface area contributed by atoms with Crippen LogP contribution in [0.2, 0.25) is 10.0 Å². The van der Waals surface area contributed by atoms with Gasteiger partial charge in [-0.3, -0.25) is 0 Å². The van der Waals surface area contributed by atoms with Gasteiger partial charge in [0.1, 0.15) is 5.82 Å². The third kappa shape index (κ3) is 2.08. The first-order chi connectivity index (χ1) is 5.65. The van der Waals surface area contributed by atoms with Crippen molar-refractivity contribution in [3.63, 3.8) is 0 Å². The van der Waals surface area contributed by atoms with Crippen molar-refractivity contribution >= 4 is 23.2 Å². The van der Waals surface area contributed by atoms with Gasteiger partial charge in [0.15, 0.2) is 0 Å². The molecular formula is C7H6Cl2FNO. The average Bonchev–Trinajstić information content (AvgIpc) is 2.01. The minimum Gasteiger partial charge on any atom is -0.316 e. The van der Waals surface area contributed by atoms with Crippen molar-refractivity contribution in [2.75, 3.05) is 0 Å². The van der Waals surface area contributed by atoms with E-state index < -0.39 is 5.82 Å². The quantitative estimate of drug-likeness (QED) is 0.580. The summed E-state index contributed by atoms with van der Waals surface area (Å²) in [5, 5.41) is 8.64. The Morgan fingerprint density at radius 2 is 2.00 bits per heavy atom. The highest BCUT2D eigenvalue weighted by atomic mass is 35.5. The van der Waals surface area contributed by atoms with E-state index in [0.717, 1.165) is 0 Å². The Balaban J connectivity index is 3.05. The van der Waals surface area contributed by atoms with Crippen molar-refractivity contribution in [2.24, 2.45) is 0 Å². The molecule has 0 aliphatic heterocycles. The molecule has 0 saturated carbocycles. The molecule has 1 aromatic carbocycles. The zero-order chi connectivity index (χ0) is 9.14. The predicted molar refractivity (Wildman–Crippen MR) is 45.0 cm³/mol. The van der Waals surface area contributed by atoms with Gasteiger partial charge in [-0.2, -0.15) is 0 Å². The largest absolute Gasteiger partial charge is 0.316 e. The first-order valence-corrected chi connectivity index (χ1v) is 3.91. The van der Waals surface area contributed by atoms with Gasteiger partial charge in [-0.15, -0.1) is 0 Å². The van der Waals surface area contributed by atoms with E-state index in [4.69, 9.17) is 28.4 Å². The molecular weight excluding hydrogens is 204 g/mol. The molecule has 0 amide bonds. The van der Waals surface area contributed by atoms with E-state index in [-0.39, 0.29) is 11.6 Å². The van der Waals surface area contributed by atoms with Gasteiger partial charge < -0.3 is 5.21 Å². The van der Waals surface area contributed by atoms with Gasteiger partial charge >= 0.3 is 0 Å². The number of halogens is 3. The van der Waals surface area contributed by atoms with Crippen molar-refractivity contribution in [2.45, 2.75) is 6.54 Å². The first-order valence-electron chi connectivity index (χ1n) is 3.15. The van der Waals surface area contributed by atoms with E-state index in [1.54, 1.807) is 0 Å². The lowest BCUT2D eigenvalue weighted by molar-refractivity contribution is 0.161. The smallest absolute Gasteiger partial charge is 0.142 e. The summed E-state index contributed by atoms with van der Waals surface area (Å²) in [5.41, 5.74) is 2.34. The first kappa shape index (κ1) is 9.74. The van der Waals surface area contributed by atoms with Gasteiger partial charge in [-0.25, -0.2) is 9.87 Å². The Morgan fingerprint density at radius 1 is 1.33 bits per heavy atom. The second-order valence-electron chi connectivity index (χ2n) is 2.19. The van der Waals surface area contributed by atoms with Crippen LogP contribution in [0.3, 0.4) is 0 Å². The molecule has 2 N–H and O–H groups in total. The fourth-order valence-electron chi connectivity index (χ4n) is 0.784. The molecule has 0 unspecified atom stereocenters. The normalized spacial score (nSPS) is 10.3. The molecule has 0 aromatic heterocycles. The van der Waals surface area contributed by atoms with Crippen LogP contribution in [0.4, 0.5) is 4.39 Å². The summed E-state index contributed by atoms with van der Waals surface area (Å²) in [7, 11) is 0. The van der Waals surface area contributed by atoms with E-state index in [9.17, 15) is 4.39 Å². The summed E-state index contributed by atoms with van der Waals surface area (Å²) in [5.74, 6) is -0.550. The molecule has 0 radical (unpaired) electrons. The highest BCUT2D eigenvalue weighted by molar-refractivity contribution is 6.35. The third-order valence-corrected chi connectivity index (χ3v) is 2.00. The molecule has 1 rings (SSSR count). The lowest BCUT2D eigenvalue weighted by Crippen LogP contribution is -2.06. The van der Waals surface area contributed by atoms with Crippen molar-refractivity contribution in [1.82, 2.24) is 5.48 Å². The number of hydroxylamine groups is 1. The Bertz CT molecular complexity index is 293. The van der Waals surface area contributed by atoms with Crippen LogP contribution in [0.5, 0.6) is 0 Å². The van der Waals surface area contributed by atoms with Crippen LogP contribution in [0.1, 0.15) is 5.56 Å². The highest BCUT2D eigenvalue weighted by Crippen LogP contribution is 2.23. The molecule has 0 heterocycles.